The van der Waals surface area contributed by atoms with Crippen molar-refractivity contribution in [3.63, 3.8) is 0 Å². The Hall–Kier alpha value is -3.69. The maximum atomic E-state index is 12.7. The summed E-state index contributed by atoms with van der Waals surface area (Å²) >= 11 is 0. The molecule has 1 aliphatic heterocycles. The molecule has 178 valence electrons. The standard InChI is InChI=1S/C26H25N5O3S/c1-35(33,34)25-7-9-27-16-23(25)31-19-14-20(26-22(15-19)29-10-11-30-26)18-5-2-4-17(12-18)13-24(32)21-6-3-8-28-21/h2,4-5,7,9-12,14-16,21,28,31H,3,6,8,13H2,1H3. The van der Waals surface area contributed by atoms with Gasteiger partial charge in [-0.2, -0.15) is 0 Å². The van der Waals surface area contributed by atoms with Crippen LogP contribution in [0.1, 0.15) is 18.4 Å². The van der Waals surface area contributed by atoms with Gasteiger partial charge in [-0.1, -0.05) is 24.3 Å². The van der Waals surface area contributed by atoms with Gasteiger partial charge in [-0.15, -0.1) is 0 Å². The summed E-state index contributed by atoms with van der Waals surface area (Å²) in [5.74, 6) is 0.199. The van der Waals surface area contributed by atoms with Crippen molar-refractivity contribution in [3.8, 4) is 11.1 Å². The summed E-state index contributed by atoms with van der Waals surface area (Å²) in [6.45, 7) is 0.888. The number of carbonyl (C=O) groups excluding carboxylic acids is 1. The van der Waals surface area contributed by atoms with Crippen LogP contribution in [0.25, 0.3) is 22.2 Å². The molecular weight excluding hydrogens is 462 g/mol. The topological polar surface area (TPSA) is 114 Å². The quantitative estimate of drug-likeness (QED) is 0.406. The highest BCUT2D eigenvalue weighted by molar-refractivity contribution is 7.90. The molecule has 8 nitrogen and oxygen atoms in total. The Morgan fingerprint density at radius 3 is 2.77 bits per heavy atom. The monoisotopic (exact) mass is 487 g/mol. The number of anilines is 2. The van der Waals surface area contributed by atoms with E-state index in [4.69, 9.17) is 0 Å². The number of pyridine rings is 1. The number of ketones is 1. The van der Waals surface area contributed by atoms with Gasteiger partial charge in [0.1, 0.15) is 0 Å². The van der Waals surface area contributed by atoms with Gasteiger partial charge in [-0.25, -0.2) is 8.42 Å². The van der Waals surface area contributed by atoms with Gasteiger partial charge in [-0.3, -0.25) is 19.7 Å². The fourth-order valence-electron chi connectivity index (χ4n) is 4.45. The minimum atomic E-state index is -3.45. The van der Waals surface area contributed by atoms with Crippen LogP contribution in [0.3, 0.4) is 0 Å². The minimum Gasteiger partial charge on any atom is -0.353 e. The van der Waals surface area contributed by atoms with Gasteiger partial charge in [0.2, 0.25) is 0 Å². The Bertz CT molecular complexity index is 1510. The molecule has 0 aliphatic carbocycles. The molecule has 0 radical (unpaired) electrons. The average Bonchev–Trinajstić information content (AvgIpc) is 3.39. The number of nitrogens with one attached hydrogen (secondary N) is 2. The fourth-order valence-corrected chi connectivity index (χ4v) is 5.27. The van der Waals surface area contributed by atoms with Crippen LogP contribution in [0.4, 0.5) is 11.4 Å². The van der Waals surface area contributed by atoms with Crippen molar-refractivity contribution in [2.75, 3.05) is 18.1 Å². The predicted octanol–water partition coefficient (Wildman–Crippen LogP) is 3.70. The van der Waals surface area contributed by atoms with E-state index in [-0.39, 0.29) is 16.7 Å². The van der Waals surface area contributed by atoms with Gasteiger partial charge in [0.15, 0.2) is 15.6 Å². The zero-order valence-corrected chi connectivity index (χ0v) is 20.0. The Kier molecular flexibility index (Phi) is 6.27. The summed E-state index contributed by atoms with van der Waals surface area (Å²) in [5.41, 5.74) is 5.08. The SMILES string of the molecule is CS(=O)(=O)c1ccncc1Nc1cc(-c2cccc(CC(=O)C3CCCN3)c2)c2nccnc2c1. The van der Waals surface area contributed by atoms with Crippen LogP contribution in [-0.4, -0.2) is 48.0 Å². The van der Waals surface area contributed by atoms with E-state index in [1.807, 2.05) is 36.4 Å². The van der Waals surface area contributed by atoms with Crippen molar-refractivity contribution in [2.45, 2.75) is 30.2 Å². The number of sulfone groups is 1. The van der Waals surface area contributed by atoms with E-state index < -0.39 is 9.84 Å². The molecule has 4 aromatic rings. The zero-order chi connectivity index (χ0) is 24.4. The van der Waals surface area contributed by atoms with E-state index in [0.29, 0.717) is 28.8 Å². The number of hydrogen-bond donors (Lipinski definition) is 2. The van der Waals surface area contributed by atoms with Crippen LogP contribution < -0.4 is 10.6 Å². The molecule has 0 bridgehead atoms. The van der Waals surface area contributed by atoms with Crippen molar-refractivity contribution in [1.29, 1.82) is 0 Å². The smallest absolute Gasteiger partial charge is 0.177 e. The number of Topliss-reactive ketones (excluding diaryl/α,β-unsaturated/α-hetero) is 1. The molecule has 2 aromatic carbocycles. The Morgan fingerprint density at radius 1 is 1.11 bits per heavy atom. The first-order valence-corrected chi connectivity index (χ1v) is 13.3. The van der Waals surface area contributed by atoms with Crippen LogP contribution in [0.2, 0.25) is 0 Å². The zero-order valence-electron chi connectivity index (χ0n) is 19.2. The van der Waals surface area contributed by atoms with Crippen LogP contribution in [-0.2, 0) is 21.1 Å². The molecule has 0 amide bonds. The lowest BCUT2D eigenvalue weighted by Gasteiger charge is -2.14. The van der Waals surface area contributed by atoms with E-state index in [1.165, 1.54) is 24.7 Å². The van der Waals surface area contributed by atoms with Gasteiger partial charge >= 0.3 is 0 Å². The van der Waals surface area contributed by atoms with Crippen LogP contribution in [0.15, 0.2) is 72.1 Å². The van der Waals surface area contributed by atoms with Gasteiger partial charge in [-0.05, 0) is 48.7 Å². The first-order chi connectivity index (χ1) is 16.9. The lowest BCUT2D eigenvalue weighted by Crippen LogP contribution is -2.31. The van der Waals surface area contributed by atoms with Crippen LogP contribution >= 0.6 is 0 Å². The summed E-state index contributed by atoms with van der Waals surface area (Å²) in [7, 11) is -3.45. The van der Waals surface area contributed by atoms with Crippen molar-refractivity contribution in [2.24, 2.45) is 0 Å². The number of aromatic nitrogens is 3. The van der Waals surface area contributed by atoms with Gasteiger partial charge in [0.05, 0.1) is 33.9 Å². The molecule has 1 aliphatic rings. The predicted molar refractivity (Wildman–Crippen MR) is 135 cm³/mol. The molecule has 0 spiro atoms. The molecular formula is C26H25N5O3S. The maximum absolute atomic E-state index is 12.7. The third kappa shape index (κ3) is 5.06. The summed E-state index contributed by atoms with van der Waals surface area (Å²) in [6, 6.07) is 13.0. The molecule has 2 N–H and O–H groups in total. The summed E-state index contributed by atoms with van der Waals surface area (Å²) in [6.07, 6.45) is 9.63. The highest BCUT2D eigenvalue weighted by atomic mass is 32.2. The molecule has 0 saturated carbocycles. The Morgan fingerprint density at radius 2 is 1.97 bits per heavy atom. The third-order valence-corrected chi connectivity index (χ3v) is 7.25. The number of carbonyl (C=O) groups is 1. The van der Waals surface area contributed by atoms with Crippen molar-refractivity contribution in [1.82, 2.24) is 20.3 Å². The lowest BCUT2D eigenvalue weighted by molar-refractivity contribution is -0.120. The molecule has 2 aromatic heterocycles. The Labute approximate surface area is 203 Å². The molecule has 1 unspecified atom stereocenters. The highest BCUT2D eigenvalue weighted by Gasteiger charge is 2.22. The average molecular weight is 488 g/mol. The largest absolute Gasteiger partial charge is 0.353 e. The number of benzene rings is 2. The van der Waals surface area contributed by atoms with Crippen LogP contribution in [0.5, 0.6) is 0 Å². The minimum absolute atomic E-state index is 0.0681. The van der Waals surface area contributed by atoms with Crippen LogP contribution in [0, 0.1) is 0 Å². The van der Waals surface area contributed by atoms with Gasteiger partial charge < -0.3 is 10.6 Å². The first-order valence-electron chi connectivity index (χ1n) is 11.4. The number of nitrogens with zero attached hydrogens (tertiary/aromatic N) is 3. The molecule has 5 rings (SSSR count). The van der Waals surface area contributed by atoms with E-state index >= 15 is 0 Å². The molecule has 3 heterocycles. The second kappa shape index (κ2) is 9.52. The number of fused-ring (bicyclic) bond motifs is 1. The van der Waals surface area contributed by atoms with Gasteiger partial charge in [0.25, 0.3) is 0 Å². The fraction of sp³-hybridized carbons (Fsp3) is 0.231. The first kappa shape index (κ1) is 23.1. The summed E-state index contributed by atoms with van der Waals surface area (Å²) in [4.78, 5) is 25.9. The highest BCUT2D eigenvalue weighted by Crippen LogP contribution is 2.33. The number of rotatable bonds is 7. The molecule has 35 heavy (non-hydrogen) atoms. The number of hydrogen-bond acceptors (Lipinski definition) is 8. The van der Waals surface area contributed by atoms with Crippen molar-refractivity contribution >= 4 is 38.0 Å². The maximum Gasteiger partial charge on any atom is 0.177 e. The van der Waals surface area contributed by atoms with E-state index in [1.54, 1.807) is 12.4 Å². The Balaban J connectivity index is 1.54. The molecule has 1 fully saturated rings. The third-order valence-electron chi connectivity index (χ3n) is 6.10. The van der Waals surface area contributed by atoms with E-state index in [0.717, 1.165) is 36.1 Å². The van der Waals surface area contributed by atoms with E-state index in [2.05, 4.69) is 25.6 Å². The lowest BCUT2D eigenvalue weighted by atomic mass is 9.97. The van der Waals surface area contributed by atoms with Crippen molar-refractivity contribution in [3.05, 3.63) is 72.8 Å². The second-order valence-electron chi connectivity index (χ2n) is 8.71. The van der Waals surface area contributed by atoms with Crippen molar-refractivity contribution < 1.29 is 13.2 Å². The molecule has 1 atom stereocenters. The summed E-state index contributed by atoms with van der Waals surface area (Å²) < 4.78 is 24.5. The van der Waals surface area contributed by atoms with Gasteiger partial charge in [0, 0.05) is 42.5 Å². The molecule has 9 heteroatoms. The molecule has 1 saturated heterocycles. The normalized spacial score (nSPS) is 15.9. The second-order valence-corrected chi connectivity index (χ2v) is 10.7. The van der Waals surface area contributed by atoms with E-state index in [9.17, 15) is 13.2 Å². The summed E-state index contributed by atoms with van der Waals surface area (Å²) in [5, 5.41) is 6.46.